The fourth-order valence-electron chi connectivity index (χ4n) is 2.98. The van der Waals surface area contributed by atoms with Crippen molar-refractivity contribution in [2.24, 2.45) is 0 Å². The van der Waals surface area contributed by atoms with Gasteiger partial charge in [0.05, 0.1) is 5.56 Å². The zero-order valence-corrected chi connectivity index (χ0v) is 11.5. The molecule has 2 nitrogen and oxygen atoms in total. The monoisotopic (exact) mass is 274 g/mol. The highest BCUT2D eigenvalue weighted by Gasteiger charge is 2.21. The number of benzene rings is 2. The fourth-order valence-corrected chi connectivity index (χ4v) is 2.98. The molecule has 2 aromatic carbocycles. The first kappa shape index (κ1) is 12.2. The van der Waals surface area contributed by atoms with Crippen LogP contribution >= 0.6 is 0 Å². The van der Waals surface area contributed by atoms with Crippen molar-refractivity contribution < 1.29 is 4.42 Å². The normalized spacial score (nSPS) is 12.6. The van der Waals surface area contributed by atoms with E-state index in [9.17, 15) is 4.79 Å². The van der Waals surface area contributed by atoms with Gasteiger partial charge < -0.3 is 4.42 Å². The second-order valence-electron chi connectivity index (χ2n) is 5.30. The molecule has 0 N–H and O–H groups in total. The molecule has 0 fully saturated rings. The Hall–Kier alpha value is -2.61. The molecule has 0 atom stereocenters. The van der Waals surface area contributed by atoms with E-state index in [4.69, 9.17) is 4.42 Å². The van der Waals surface area contributed by atoms with Crippen LogP contribution in [0.5, 0.6) is 0 Å². The van der Waals surface area contributed by atoms with E-state index in [0.29, 0.717) is 5.76 Å². The van der Waals surface area contributed by atoms with E-state index in [-0.39, 0.29) is 5.43 Å². The van der Waals surface area contributed by atoms with E-state index in [1.54, 1.807) is 6.07 Å². The Bertz CT molecular complexity index is 860. The highest BCUT2D eigenvalue weighted by Crippen LogP contribution is 2.33. The van der Waals surface area contributed by atoms with Gasteiger partial charge in [0.15, 0.2) is 5.43 Å². The van der Waals surface area contributed by atoms with Crippen molar-refractivity contribution in [2.45, 2.75) is 12.8 Å². The second-order valence-corrected chi connectivity index (χ2v) is 5.30. The highest BCUT2D eigenvalue weighted by atomic mass is 16.3. The Labute approximate surface area is 122 Å². The van der Waals surface area contributed by atoms with E-state index in [2.05, 4.69) is 6.07 Å². The first-order valence-electron chi connectivity index (χ1n) is 7.13. The molecule has 0 unspecified atom stereocenters. The molecule has 0 amide bonds. The Kier molecular flexibility index (Phi) is 2.74. The predicted molar refractivity (Wildman–Crippen MR) is 83.3 cm³/mol. The van der Waals surface area contributed by atoms with Crippen LogP contribution in [0.1, 0.15) is 11.3 Å². The summed E-state index contributed by atoms with van der Waals surface area (Å²) in [5, 5.41) is 0. The lowest BCUT2D eigenvalue weighted by molar-refractivity contribution is 0.502. The van der Waals surface area contributed by atoms with Crippen LogP contribution in [0.2, 0.25) is 0 Å². The minimum atomic E-state index is 0.0438. The van der Waals surface area contributed by atoms with Crippen LogP contribution in [0.25, 0.3) is 22.5 Å². The number of hydrogen-bond acceptors (Lipinski definition) is 2. The standard InChI is InChI=1S/C19H14O2/c20-16-12-18(14-7-2-1-3-8-14)21-17-11-10-13-6-4-5-9-15(13)19(16)17/h1-9,12H,10-11H2. The molecule has 0 saturated heterocycles. The summed E-state index contributed by atoms with van der Waals surface area (Å²) in [7, 11) is 0. The van der Waals surface area contributed by atoms with Gasteiger partial charge in [-0.3, -0.25) is 4.79 Å². The molecule has 1 aliphatic rings. The molecule has 102 valence electrons. The van der Waals surface area contributed by atoms with Crippen molar-refractivity contribution in [3.63, 3.8) is 0 Å². The maximum Gasteiger partial charge on any atom is 0.193 e. The van der Waals surface area contributed by atoms with E-state index >= 15 is 0 Å². The summed E-state index contributed by atoms with van der Waals surface area (Å²) in [6, 6.07) is 19.5. The molecular formula is C19H14O2. The molecule has 0 bridgehead atoms. The Morgan fingerprint density at radius 3 is 2.48 bits per heavy atom. The number of fused-ring (bicyclic) bond motifs is 3. The molecule has 0 saturated carbocycles. The Morgan fingerprint density at radius 2 is 1.62 bits per heavy atom. The molecule has 1 aliphatic carbocycles. The molecule has 1 aromatic heterocycles. The third kappa shape index (κ3) is 2.00. The summed E-state index contributed by atoms with van der Waals surface area (Å²) in [5.41, 5.74) is 3.96. The van der Waals surface area contributed by atoms with Crippen molar-refractivity contribution in [3.05, 3.63) is 82.2 Å². The third-order valence-corrected chi connectivity index (χ3v) is 3.99. The molecule has 1 heterocycles. The number of rotatable bonds is 1. The highest BCUT2D eigenvalue weighted by molar-refractivity contribution is 5.72. The molecule has 2 heteroatoms. The first-order chi connectivity index (χ1) is 10.3. The van der Waals surface area contributed by atoms with E-state index in [0.717, 1.165) is 35.3 Å². The molecule has 0 aliphatic heterocycles. The fraction of sp³-hybridized carbons (Fsp3) is 0.105. The molecule has 3 aromatic rings. The lowest BCUT2D eigenvalue weighted by atomic mass is 9.89. The maximum absolute atomic E-state index is 12.6. The minimum Gasteiger partial charge on any atom is -0.460 e. The average Bonchev–Trinajstić information content (AvgIpc) is 2.55. The smallest absolute Gasteiger partial charge is 0.193 e. The van der Waals surface area contributed by atoms with Crippen molar-refractivity contribution >= 4 is 0 Å². The molecule has 21 heavy (non-hydrogen) atoms. The third-order valence-electron chi connectivity index (χ3n) is 3.99. The topological polar surface area (TPSA) is 30.2 Å². The van der Waals surface area contributed by atoms with E-state index < -0.39 is 0 Å². The molecular weight excluding hydrogens is 260 g/mol. The van der Waals surface area contributed by atoms with Gasteiger partial charge in [-0.05, 0) is 17.5 Å². The second kappa shape index (κ2) is 4.74. The van der Waals surface area contributed by atoms with Gasteiger partial charge in [-0.1, -0.05) is 54.6 Å². The lowest BCUT2D eigenvalue weighted by Crippen LogP contribution is -2.14. The van der Waals surface area contributed by atoms with Gasteiger partial charge in [-0.15, -0.1) is 0 Å². The molecule has 4 rings (SSSR count). The van der Waals surface area contributed by atoms with Gasteiger partial charge in [-0.2, -0.15) is 0 Å². The summed E-state index contributed by atoms with van der Waals surface area (Å²) in [6.45, 7) is 0. The van der Waals surface area contributed by atoms with Crippen LogP contribution < -0.4 is 5.43 Å². The van der Waals surface area contributed by atoms with Gasteiger partial charge in [-0.25, -0.2) is 0 Å². The van der Waals surface area contributed by atoms with Gasteiger partial charge in [0.25, 0.3) is 0 Å². The van der Waals surface area contributed by atoms with E-state index in [1.807, 2.05) is 48.5 Å². The van der Waals surface area contributed by atoms with Crippen LogP contribution in [0, 0.1) is 0 Å². The van der Waals surface area contributed by atoms with Gasteiger partial charge >= 0.3 is 0 Å². The van der Waals surface area contributed by atoms with Crippen molar-refractivity contribution in [2.75, 3.05) is 0 Å². The zero-order chi connectivity index (χ0) is 14.2. The zero-order valence-electron chi connectivity index (χ0n) is 11.5. The summed E-state index contributed by atoms with van der Waals surface area (Å²) in [5.74, 6) is 1.46. The quantitative estimate of drug-likeness (QED) is 0.669. The van der Waals surface area contributed by atoms with Crippen LogP contribution in [-0.2, 0) is 12.8 Å². The van der Waals surface area contributed by atoms with E-state index in [1.165, 1.54) is 5.56 Å². The maximum atomic E-state index is 12.6. The van der Waals surface area contributed by atoms with Gasteiger partial charge in [0.2, 0.25) is 0 Å². The molecule has 0 radical (unpaired) electrons. The van der Waals surface area contributed by atoms with Crippen molar-refractivity contribution in [3.8, 4) is 22.5 Å². The SMILES string of the molecule is O=c1cc(-c2ccccc2)oc2c1-c1ccccc1CC2. The number of aryl methyl sites for hydroxylation is 2. The average molecular weight is 274 g/mol. The Morgan fingerprint density at radius 1 is 0.857 bits per heavy atom. The predicted octanol–water partition coefficient (Wildman–Crippen LogP) is 4.07. The van der Waals surface area contributed by atoms with Crippen LogP contribution in [0.3, 0.4) is 0 Å². The number of hydrogen-bond donors (Lipinski definition) is 0. The van der Waals surface area contributed by atoms with Crippen LogP contribution in [0.15, 0.2) is 69.9 Å². The summed E-state index contributed by atoms with van der Waals surface area (Å²) >= 11 is 0. The minimum absolute atomic E-state index is 0.0438. The first-order valence-corrected chi connectivity index (χ1v) is 7.13. The van der Waals surface area contributed by atoms with Crippen molar-refractivity contribution in [1.29, 1.82) is 0 Å². The lowest BCUT2D eigenvalue weighted by Gasteiger charge is -2.18. The molecule has 0 spiro atoms. The van der Waals surface area contributed by atoms with Crippen molar-refractivity contribution in [1.82, 2.24) is 0 Å². The summed E-state index contributed by atoms with van der Waals surface area (Å²) in [4.78, 5) is 12.6. The van der Waals surface area contributed by atoms with Crippen LogP contribution in [-0.4, -0.2) is 0 Å². The summed E-state index contributed by atoms with van der Waals surface area (Å²) in [6.07, 6.45) is 1.70. The Balaban J connectivity index is 1.94. The summed E-state index contributed by atoms with van der Waals surface area (Å²) < 4.78 is 6.02. The largest absolute Gasteiger partial charge is 0.460 e. The van der Waals surface area contributed by atoms with Gasteiger partial charge in [0.1, 0.15) is 11.5 Å². The van der Waals surface area contributed by atoms with Crippen LogP contribution in [0.4, 0.5) is 0 Å². The van der Waals surface area contributed by atoms with Gasteiger partial charge in [0, 0.05) is 18.1 Å².